The van der Waals surface area contributed by atoms with Crippen LogP contribution in [0.4, 0.5) is 0 Å². The Balaban J connectivity index is 4.37. The lowest BCUT2D eigenvalue weighted by molar-refractivity contribution is -0.870. The normalized spacial score (nSPS) is 14.9. The molecule has 3 unspecified atom stereocenters. The molecule has 8 nitrogen and oxygen atoms in total. The molecule has 9 heteroatoms. The summed E-state index contributed by atoms with van der Waals surface area (Å²) in [6.07, 6.45) is 69.7. The smallest absolute Gasteiger partial charge is 0.268 e. The Kier molecular flexibility index (Phi) is 46.2. The van der Waals surface area contributed by atoms with Crippen LogP contribution in [0.25, 0.3) is 0 Å². The number of hydrogen-bond acceptors (Lipinski definition) is 6. The zero-order valence-electron chi connectivity index (χ0n) is 43.6. The molecule has 0 fully saturated rings. The van der Waals surface area contributed by atoms with Crippen LogP contribution in [0.3, 0.4) is 0 Å². The quantitative estimate of drug-likeness (QED) is 0.0272. The second-order valence-corrected chi connectivity index (χ2v) is 20.3. The van der Waals surface area contributed by atoms with Gasteiger partial charge in [-0.1, -0.05) is 226 Å². The highest BCUT2D eigenvalue weighted by Gasteiger charge is 2.24. The van der Waals surface area contributed by atoms with Crippen LogP contribution in [0.2, 0.25) is 0 Å². The molecule has 0 aliphatic heterocycles. The van der Waals surface area contributed by atoms with Crippen LogP contribution >= 0.6 is 7.82 Å². The first-order valence-electron chi connectivity index (χ1n) is 26.7. The summed E-state index contributed by atoms with van der Waals surface area (Å²) in [6, 6.07) is -0.839. The third-order valence-electron chi connectivity index (χ3n) is 11.3. The van der Waals surface area contributed by atoms with E-state index in [0.717, 1.165) is 83.5 Å². The topological polar surface area (TPSA) is 108 Å². The Labute approximate surface area is 412 Å². The van der Waals surface area contributed by atoms with Gasteiger partial charge in [-0.2, -0.15) is 0 Å². The molecule has 0 aliphatic rings. The Morgan fingerprint density at radius 1 is 0.537 bits per heavy atom. The first-order chi connectivity index (χ1) is 32.5. The summed E-state index contributed by atoms with van der Waals surface area (Å²) >= 11 is 0. The van der Waals surface area contributed by atoms with E-state index in [0.29, 0.717) is 23.9 Å². The number of allylic oxidation sites excluding steroid dienone is 18. The van der Waals surface area contributed by atoms with Crippen LogP contribution in [0, 0.1) is 0 Å². The van der Waals surface area contributed by atoms with Crippen molar-refractivity contribution >= 4 is 13.7 Å². The van der Waals surface area contributed by atoms with Gasteiger partial charge in [-0.25, -0.2) is 0 Å². The Morgan fingerprint density at radius 3 is 1.27 bits per heavy atom. The van der Waals surface area contributed by atoms with E-state index < -0.39 is 20.0 Å². The number of amides is 1. The number of hydrogen-bond donors (Lipinski definition) is 2. The second kappa shape index (κ2) is 48.2. The summed E-state index contributed by atoms with van der Waals surface area (Å²) in [7, 11) is 1.25. The van der Waals surface area contributed by atoms with E-state index in [1.807, 2.05) is 21.1 Å². The third-order valence-corrected chi connectivity index (χ3v) is 12.2. The van der Waals surface area contributed by atoms with Crippen molar-refractivity contribution in [1.82, 2.24) is 5.32 Å². The minimum atomic E-state index is -4.59. The zero-order valence-corrected chi connectivity index (χ0v) is 44.5. The van der Waals surface area contributed by atoms with Crippen molar-refractivity contribution in [1.29, 1.82) is 0 Å². The van der Waals surface area contributed by atoms with Gasteiger partial charge in [0.1, 0.15) is 13.2 Å². The summed E-state index contributed by atoms with van der Waals surface area (Å²) in [6.45, 7) is 4.55. The predicted octanol–water partition coefficient (Wildman–Crippen LogP) is 15.4. The van der Waals surface area contributed by atoms with Gasteiger partial charge >= 0.3 is 0 Å². The van der Waals surface area contributed by atoms with Crippen LogP contribution in [0.5, 0.6) is 0 Å². The van der Waals surface area contributed by atoms with Gasteiger partial charge in [-0.05, 0) is 77.0 Å². The second-order valence-electron chi connectivity index (χ2n) is 18.9. The van der Waals surface area contributed by atoms with E-state index in [9.17, 15) is 19.4 Å². The van der Waals surface area contributed by atoms with Gasteiger partial charge in [0.2, 0.25) is 5.91 Å². The number of unbranched alkanes of at least 4 members (excludes halogenated alkanes) is 16. The molecule has 384 valence electrons. The van der Waals surface area contributed by atoms with Crippen molar-refractivity contribution in [2.45, 2.75) is 212 Å². The third kappa shape index (κ3) is 50.9. The highest BCUT2D eigenvalue weighted by molar-refractivity contribution is 7.45. The van der Waals surface area contributed by atoms with E-state index in [2.05, 4.69) is 129 Å². The van der Waals surface area contributed by atoms with E-state index in [1.165, 1.54) is 83.5 Å². The number of carbonyl (C=O) groups is 1. The molecule has 0 saturated carbocycles. The molecule has 0 saturated heterocycles. The molecule has 0 aromatic heterocycles. The number of quaternary nitrogens is 1. The van der Waals surface area contributed by atoms with Gasteiger partial charge in [0.15, 0.2) is 0 Å². The van der Waals surface area contributed by atoms with Crippen molar-refractivity contribution in [3.8, 4) is 0 Å². The SMILES string of the molecule is CC/C=C\C/C=C\C/C=C\C/C=C\C/C=C\C/C=C\C/C=C\C/C=C\C/C=C\CCCC(=O)NC(COP(=O)([O-])OCC[N+](C)(C)C)C(O)CCCCCCCCCCCCCCCCCC. The number of carbonyl (C=O) groups excluding carboxylic acids is 1. The Morgan fingerprint density at radius 2 is 0.896 bits per heavy atom. The molecule has 1 amide bonds. The number of nitrogens with zero attached hydrogens (tertiary/aromatic N) is 1. The summed E-state index contributed by atoms with van der Waals surface area (Å²) in [4.78, 5) is 25.4. The largest absolute Gasteiger partial charge is 0.756 e. The lowest BCUT2D eigenvalue weighted by Crippen LogP contribution is -2.46. The van der Waals surface area contributed by atoms with Crippen LogP contribution < -0.4 is 10.2 Å². The van der Waals surface area contributed by atoms with Crippen LogP contribution in [-0.4, -0.2) is 68.5 Å². The monoisotopic (exact) mass is 953 g/mol. The standard InChI is InChI=1S/C58H101N2O6P/c1-6-8-10-12-14-16-18-20-22-24-25-26-27-28-29-30-31-32-33-34-35-36-38-40-42-44-46-48-50-52-58(62)59-56(55-66-67(63,64)65-54-53-60(3,4)5)57(61)51-49-47-45-43-41-39-37-23-21-19-17-15-13-11-9-7-2/h8,10,14,16,20,22,25-26,28-29,31-32,34-35,38,40,44,46,56-57,61H,6-7,9,11-13,15,17-19,21,23-24,27,30,33,36-37,39,41-43,45,47-55H2,1-5H3,(H-,59,62,63,64)/b10-8-,16-14-,22-20-,26-25-,29-28-,32-31-,35-34-,40-38-,46-44-. The van der Waals surface area contributed by atoms with Gasteiger partial charge in [0.05, 0.1) is 39.9 Å². The van der Waals surface area contributed by atoms with Crippen LogP contribution in [0.15, 0.2) is 109 Å². The number of likely N-dealkylation sites (N-methyl/N-ethyl adjacent to an activating group) is 1. The molecule has 0 heterocycles. The number of nitrogens with one attached hydrogen (secondary N) is 1. The molecule has 0 radical (unpaired) electrons. The number of phosphoric ester groups is 1. The summed E-state index contributed by atoms with van der Waals surface area (Å²) in [5.41, 5.74) is 0. The molecule has 0 rings (SSSR count). The number of aliphatic hydroxyl groups excluding tert-OH is 1. The van der Waals surface area contributed by atoms with E-state index >= 15 is 0 Å². The molecule has 3 atom stereocenters. The average molecular weight is 953 g/mol. The molecule has 0 aromatic rings. The van der Waals surface area contributed by atoms with Crippen molar-refractivity contribution < 1.29 is 32.9 Å². The highest BCUT2D eigenvalue weighted by Crippen LogP contribution is 2.38. The predicted molar refractivity (Wildman–Crippen MR) is 288 cm³/mol. The van der Waals surface area contributed by atoms with Crippen LogP contribution in [-0.2, 0) is 18.4 Å². The van der Waals surface area contributed by atoms with E-state index in [1.54, 1.807) is 0 Å². The fraction of sp³-hybridized carbons (Fsp3) is 0.672. The van der Waals surface area contributed by atoms with Gasteiger partial charge in [-0.3, -0.25) is 9.36 Å². The van der Waals surface area contributed by atoms with Crippen LogP contribution in [0.1, 0.15) is 200 Å². The minimum Gasteiger partial charge on any atom is -0.756 e. The number of rotatable bonds is 47. The van der Waals surface area contributed by atoms with Crippen molar-refractivity contribution in [2.24, 2.45) is 0 Å². The molecular weight excluding hydrogens is 852 g/mol. The molecule has 0 spiro atoms. The molecule has 0 bridgehead atoms. The van der Waals surface area contributed by atoms with Gasteiger partial charge in [-0.15, -0.1) is 0 Å². The minimum absolute atomic E-state index is 0.00482. The van der Waals surface area contributed by atoms with Crippen molar-refractivity contribution in [3.63, 3.8) is 0 Å². The molecule has 0 aromatic carbocycles. The summed E-state index contributed by atoms with van der Waals surface area (Å²) in [5.74, 6) is -0.226. The average Bonchev–Trinajstić information content (AvgIpc) is 3.29. The maximum Gasteiger partial charge on any atom is 0.268 e. The lowest BCUT2D eigenvalue weighted by atomic mass is 10.0. The maximum atomic E-state index is 12.9. The van der Waals surface area contributed by atoms with Gasteiger partial charge in [0, 0.05) is 6.42 Å². The van der Waals surface area contributed by atoms with Crippen molar-refractivity contribution in [2.75, 3.05) is 40.9 Å². The molecule has 0 aliphatic carbocycles. The lowest BCUT2D eigenvalue weighted by Gasteiger charge is -2.30. The summed E-state index contributed by atoms with van der Waals surface area (Å²) in [5, 5.41) is 13.9. The fourth-order valence-corrected chi connectivity index (χ4v) is 7.82. The first kappa shape index (κ1) is 64.2. The first-order valence-corrected chi connectivity index (χ1v) is 28.2. The van der Waals surface area contributed by atoms with Crippen molar-refractivity contribution in [3.05, 3.63) is 109 Å². The summed E-state index contributed by atoms with van der Waals surface area (Å²) < 4.78 is 23.3. The maximum absolute atomic E-state index is 12.9. The van der Waals surface area contributed by atoms with Gasteiger partial charge in [0.25, 0.3) is 7.82 Å². The Bertz CT molecular complexity index is 1450. The Hall–Kier alpha value is -2.84. The van der Waals surface area contributed by atoms with E-state index in [4.69, 9.17) is 9.05 Å². The zero-order chi connectivity index (χ0) is 49.2. The fourth-order valence-electron chi connectivity index (χ4n) is 7.10. The van der Waals surface area contributed by atoms with Gasteiger partial charge < -0.3 is 28.8 Å². The molecule has 2 N–H and O–H groups in total. The highest BCUT2D eigenvalue weighted by atomic mass is 31.2. The number of aliphatic hydroxyl groups is 1. The van der Waals surface area contributed by atoms with E-state index in [-0.39, 0.29) is 25.5 Å². The molecule has 67 heavy (non-hydrogen) atoms. The number of phosphoric acid groups is 1. The molecular formula is C58H101N2O6P.